The quantitative estimate of drug-likeness (QED) is 0.589. The Morgan fingerprint density at radius 3 is 2.64 bits per heavy atom. The molecule has 1 aliphatic heterocycles. The van der Waals surface area contributed by atoms with Gasteiger partial charge < -0.3 is 14.2 Å². The minimum atomic E-state index is -0.658. The predicted molar refractivity (Wildman–Crippen MR) is 85.0 cm³/mol. The third kappa shape index (κ3) is 3.00. The van der Waals surface area contributed by atoms with E-state index in [-0.39, 0.29) is 0 Å². The normalized spacial score (nSPS) is 15.6. The lowest BCUT2D eigenvalue weighted by molar-refractivity contribution is -0.180. The van der Waals surface area contributed by atoms with Crippen molar-refractivity contribution in [2.45, 2.75) is 26.2 Å². The van der Waals surface area contributed by atoms with Crippen LogP contribution in [-0.4, -0.2) is 11.8 Å². The van der Waals surface area contributed by atoms with Crippen molar-refractivity contribution in [1.29, 1.82) is 0 Å². The molecule has 5 heteroatoms. The van der Waals surface area contributed by atoms with Crippen molar-refractivity contribution in [3.8, 4) is 11.5 Å². The van der Waals surface area contributed by atoms with E-state index in [4.69, 9.17) is 14.2 Å². The number of carbonyl (C=O) groups excluding carboxylic acids is 1. The van der Waals surface area contributed by atoms with Crippen molar-refractivity contribution in [2.75, 3.05) is 0 Å². The van der Waals surface area contributed by atoms with Crippen LogP contribution in [0.25, 0.3) is 0 Å². The molecule has 3 rings (SSSR count). The molecule has 0 saturated carbocycles. The molecule has 0 N–H and O–H groups in total. The summed E-state index contributed by atoms with van der Waals surface area (Å²) in [5.74, 6) is 0.107. The van der Waals surface area contributed by atoms with Gasteiger partial charge in [0.1, 0.15) is 11.5 Å². The van der Waals surface area contributed by atoms with Crippen molar-refractivity contribution < 1.29 is 19.0 Å². The number of hydrogen-bond donors (Lipinski definition) is 0. The van der Waals surface area contributed by atoms with Crippen LogP contribution in [0.1, 0.15) is 29.8 Å². The number of halogens is 1. The fourth-order valence-electron chi connectivity index (χ4n) is 2.16. The second-order valence-corrected chi connectivity index (χ2v) is 6.19. The van der Waals surface area contributed by atoms with Crippen LogP contribution in [0, 0.1) is 0 Å². The molecule has 1 heterocycles. The number of rotatable bonds is 2. The third-order valence-corrected chi connectivity index (χ3v) is 4.17. The number of ether oxygens (including phenoxy) is 3. The number of esters is 1. The maximum atomic E-state index is 12.1. The first-order valence-corrected chi connectivity index (χ1v) is 7.67. The minimum Gasteiger partial charge on any atom is -0.463 e. The molecular weight excluding hydrogens is 348 g/mol. The van der Waals surface area contributed by atoms with Gasteiger partial charge in [0.2, 0.25) is 5.79 Å². The van der Waals surface area contributed by atoms with Gasteiger partial charge in [0.25, 0.3) is 0 Å². The lowest BCUT2D eigenvalue weighted by Gasteiger charge is -2.33. The van der Waals surface area contributed by atoms with Gasteiger partial charge in [-0.1, -0.05) is 18.2 Å². The van der Waals surface area contributed by atoms with Gasteiger partial charge in [-0.3, -0.25) is 0 Å². The third-order valence-electron chi connectivity index (χ3n) is 3.30. The molecule has 0 fully saturated rings. The van der Waals surface area contributed by atoms with Gasteiger partial charge in [0.15, 0.2) is 0 Å². The summed E-state index contributed by atoms with van der Waals surface area (Å²) >= 11 is 3.47. The lowest BCUT2D eigenvalue weighted by atomic mass is 10.1. The van der Waals surface area contributed by atoms with Gasteiger partial charge in [-0.2, -0.15) is 0 Å². The molecule has 0 radical (unpaired) electrons. The molecule has 0 amide bonds. The van der Waals surface area contributed by atoms with Crippen molar-refractivity contribution in [3.05, 3.63) is 58.1 Å². The zero-order valence-electron chi connectivity index (χ0n) is 12.3. The molecule has 114 valence electrons. The van der Waals surface area contributed by atoms with Crippen molar-refractivity contribution in [3.63, 3.8) is 0 Å². The Labute approximate surface area is 137 Å². The highest BCUT2D eigenvalue weighted by atomic mass is 79.9. The fourth-order valence-corrected chi connectivity index (χ4v) is 2.69. The predicted octanol–water partition coefficient (Wildman–Crippen LogP) is 4.31. The smallest absolute Gasteiger partial charge is 0.343 e. The number of benzene rings is 2. The Morgan fingerprint density at radius 2 is 1.91 bits per heavy atom. The van der Waals surface area contributed by atoms with Crippen LogP contribution in [0.15, 0.2) is 46.9 Å². The van der Waals surface area contributed by atoms with Gasteiger partial charge >= 0.3 is 5.97 Å². The maximum Gasteiger partial charge on any atom is 0.343 e. The fraction of sp³-hybridized carbons (Fsp3) is 0.235. The minimum absolute atomic E-state index is 0.389. The molecule has 2 aromatic rings. The van der Waals surface area contributed by atoms with Gasteiger partial charge in [-0.15, -0.1) is 0 Å². The Balaban J connectivity index is 1.86. The summed E-state index contributed by atoms with van der Waals surface area (Å²) in [5, 5.41) is 0. The second-order valence-electron chi connectivity index (χ2n) is 5.40. The largest absolute Gasteiger partial charge is 0.463 e. The van der Waals surface area contributed by atoms with Crippen LogP contribution in [0.4, 0.5) is 0 Å². The summed E-state index contributed by atoms with van der Waals surface area (Å²) in [7, 11) is 0. The van der Waals surface area contributed by atoms with Gasteiger partial charge in [0, 0.05) is 19.4 Å². The molecule has 0 atom stereocenters. The van der Waals surface area contributed by atoms with E-state index in [0.717, 1.165) is 11.3 Å². The van der Waals surface area contributed by atoms with E-state index in [0.29, 0.717) is 22.4 Å². The Hall–Kier alpha value is -1.85. The average Bonchev–Trinajstić information content (AvgIpc) is 2.50. The van der Waals surface area contributed by atoms with Crippen LogP contribution in [0.5, 0.6) is 11.5 Å². The van der Waals surface area contributed by atoms with Gasteiger partial charge in [-0.25, -0.2) is 4.79 Å². The number of carbonyl (C=O) groups is 1. The van der Waals surface area contributed by atoms with E-state index in [2.05, 4.69) is 15.9 Å². The van der Waals surface area contributed by atoms with Crippen LogP contribution in [0.3, 0.4) is 0 Å². The van der Waals surface area contributed by atoms with Crippen LogP contribution < -0.4 is 9.47 Å². The van der Waals surface area contributed by atoms with E-state index in [1.807, 2.05) is 19.9 Å². The summed E-state index contributed by atoms with van der Waals surface area (Å²) in [6, 6.07) is 12.4. The first-order valence-electron chi connectivity index (χ1n) is 6.88. The Kier molecular flexibility index (Phi) is 3.93. The molecule has 0 unspecified atom stereocenters. The van der Waals surface area contributed by atoms with E-state index >= 15 is 0 Å². The lowest BCUT2D eigenvalue weighted by Crippen LogP contribution is -2.35. The van der Waals surface area contributed by atoms with Crippen molar-refractivity contribution in [1.82, 2.24) is 0 Å². The first-order chi connectivity index (χ1) is 10.5. The summed E-state index contributed by atoms with van der Waals surface area (Å²) in [4.78, 5) is 12.1. The van der Waals surface area contributed by atoms with Gasteiger partial charge in [0.05, 0.1) is 16.6 Å². The summed E-state index contributed by atoms with van der Waals surface area (Å²) in [5.41, 5.74) is 1.33. The number of fused-ring (bicyclic) bond motifs is 1. The molecule has 1 aliphatic rings. The van der Waals surface area contributed by atoms with Crippen molar-refractivity contribution >= 4 is 21.9 Å². The van der Waals surface area contributed by atoms with E-state index in [1.54, 1.807) is 36.4 Å². The molecule has 4 nitrogen and oxygen atoms in total. The molecule has 0 spiro atoms. The number of hydrogen-bond acceptors (Lipinski definition) is 4. The summed E-state index contributed by atoms with van der Waals surface area (Å²) in [6.07, 6.45) is 0. The zero-order chi connectivity index (χ0) is 15.7. The highest BCUT2D eigenvalue weighted by Gasteiger charge is 2.29. The second kappa shape index (κ2) is 5.74. The van der Waals surface area contributed by atoms with Crippen molar-refractivity contribution in [2.24, 2.45) is 0 Å². The zero-order valence-corrected chi connectivity index (χ0v) is 13.8. The maximum absolute atomic E-state index is 12.1. The monoisotopic (exact) mass is 362 g/mol. The molecule has 22 heavy (non-hydrogen) atoms. The van der Waals surface area contributed by atoms with Crippen LogP contribution in [-0.2, 0) is 11.3 Å². The van der Waals surface area contributed by atoms with Crippen LogP contribution in [0.2, 0.25) is 0 Å². The summed E-state index contributed by atoms with van der Waals surface area (Å²) in [6.45, 7) is 4.10. The molecule has 0 aromatic heterocycles. The topological polar surface area (TPSA) is 44.8 Å². The Bertz CT molecular complexity index is 710. The highest BCUT2D eigenvalue weighted by Crippen LogP contribution is 2.40. The molecule has 2 aromatic carbocycles. The standard InChI is InChI=1S/C17H15BrO4/c1-17(2)20-10-12-13(22-17)8-9-14(15(12)18)21-16(19)11-6-4-3-5-7-11/h3-9H,10H2,1-2H3. The molecule has 0 saturated heterocycles. The highest BCUT2D eigenvalue weighted by molar-refractivity contribution is 9.10. The van der Waals surface area contributed by atoms with E-state index < -0.39 is 11.8 Å². The van der Waals surface area contributed by atoms with E-state index in [1.165, 1.54) is 0 Å². The molecular formula is C17H15BrO4. The van der Waals surface area contributed by atoms with E-state index in [9.17, 15) is 4.79 Å². The first kappa shape index (κ1) is 15.1. The molecule has 0 aliphatic carbocycles. The Morgan fingerprint density at radius 1 is 1.18 bits per heavy atom. The van der Waals surface area contributed by atoms with Gasteiger partial charge in [-0.05, 0) is 40.2 Å². The molecule has 0 bridgehead atoms. The summed E-state index contributed by atoms with van der Waals surface area (Å²) < 4.78 is 17.5. The average molecular weight is 363 g/mol. The SMILES string of the molecule is CC1(C)OCc2c(ccc(OC(=O)c3ccccc3)c2Br)O1. The van der Waals surface area contributed by atoms with Crippen LogP contribution >= 0.6 is 15.9 Å².